The standard InChI is InChI=1S/C19H15Cl2N3O2/c20-13-7-5-12(6-8-13)19(25)24(14-9-10-14)11-17-22-23-18(26-17)15-3-1-2-4-16(15)21/h1-8,14H,9-11H2. The summed E-state index contributed by atoms with van der Waals surface area (Å²) in [5.74, 6) is 0.663. The topological polar surface area (TPSA) is 59.2 Å². The maximum Gasteiger partial charge on any atom is 0.254 e. The summed E-state index contributed by atoms with van der Waals surface area (Å²) in [4.78, 5) is 14.6. The summed E-state index contributed by atoms with van der Waals surface area (Å²) in [6.45, 7) is 0.267. The highest BCUT2D eigenvalue weighted by molar-refractivity contribution is 6.33. The fourth-order valence-corrected chi connectivity index (χ4v) is 3.06. The third-order valence-corrected chi connectivity index (χ3v) is 4.80. The molecule has 0 N–H and O–H groups in total. The molecule has 0 bridgehead atoms. The van der Waals surface area contributed by atoms with Crippen LogP contribution >= 0.6 is 23.2 Å². The van der Waals surface area contributed by atoms with E-state index in [1.165, 1.54) is 0 Å². The zero-order valence-electron chi connectivity index (χ0n) is 13.7. The van der Waals surface area contributed by atoms with E-state index < -0.39 is 0 Å². The summed E-state index contributed by atoms with van der Waals surface area (Å²) in [5, 5.41) is 9.29. The Morgan fingerprint density at radius 3 is 2.50 bits per heavy atom. The van der Waals surface area contributed by atoms with Crippen LogP contribution in [-0.2, 0) is 6.54 Å². The van der Waals surface area contributed by atoms with Gasteiger partial charge in [0.25, 0.3) is 5.91 Å². The van der Waals surface area contributed by atoms with Crippen LogP contribution in [0.4, 0.5) is 0 Å². The van der Waals surface area contributed by atoms with E-state index in [0.717, 1.165) is 12.8 Å². The number of rotatable bonds is 5. The number of hydrogen-bond acceptors (Lipinski definition) is 4. The molecule has 1 saturated carbocycles. The Hall–Kier alpha value is -2.37. The molecule has 1 amide bonds. The molecule has 5 nitrogen and oxygen atoms in total. The van der Waals surface area contributed by atoms with Crippen molar-refractivity contribution in [1.29, 1.82) is 0 Å². The minimum absolute atomic E-state index is 0.0679. The fraction of sp³-hybridized carbons (Fsp3) is 0.211. The van der Waals surface area contributed by atoms with Crippen molar-refractivity contribution >= 4 is 29.1 Å². The molecule has 26 heavy (non-hydrogen) atoms. The number of carbonyl (C=O) groups is 1. The van der Waals surface area contributed by atoms with Gasteiger partial charge in [-0.2, -0.15) is 0 Å². The summed E-state index contributed by atoms with van der Waals surface area (Å²) in [6, 6.07) is 14.3. The lowest BCUT2D eigenvalue weighted by molar-refractivity contribution is 0.0714. The lowest BCUT2D eigenvalue weighted by Crippen LogP contribution is -2.32. The highest BCUT2D eigenvalue weighted by Gasteiger charge is 2.34. The number of aromatic nitrogens is 2. The number of carbonyl (C=O) groups excluding carboxylic acids is 1. The van der Waals surface area contributed by atoms with Crippen LogP contribution in [0.5, 0.6) is 0 Å². The molecule has 132 valence electrons. The van der Waals surface area contributed by atoms with Crippen molar-refractivity contribution in [3.63, 3.8) is 0 Å². The molecule has 1 aliphatic rings. The molecule has 1 fully saturated rings. The van der Waals surface area contributed by atoms with Gasteiger partial charge in [-0.3, -0.25) is 4.79 Å². The first-order chi connectivity index (χ1) is 12.6. The maximum atomic E-state index is 12.8. The number of nitrogens with zero attached hydrogens (tertiary/aromatic N) is 3. The van der Waals surface area contributed by atoms with Gasteiger partial charge >= 0.3 is 0 Å². The average Bonchev–Trinajstić information content (AvgIpc) is 3.38. The van der Waals surface area contributed by atoms with Crippen molar-refractivity contribution in [2.75, 3.05) is 0 Å². The Labute approximate surface area is 160 Å². The highest BCUT2D eigenvalue weighted by Crippen LogP contribution is 2.31. The predicted octanol–water partition coefficient (Wildman–Crippen LogP) is 4.85. The average molecular weight is 388 g/mol. The van der Waals surface area contributed by atoms with E-state index in [-0.39, 0.29) is 18.5 Å². The number of amides is 1. The van der Waals surface area contributed by atoms with E-state index in [9.17, 15) is 4.79 Å². The Kier molecular flexibility index (Phi) is 4.66. The first kappa shape index (κ1) is 17.1. The molecule has 0 unspecified atom stereocenters. The first-order valence-electron chi connectivity index (χ1n) is 8.25. The van der Waals surface area contributed by atoms with Crippen molar-refractivity contribution in [3.8, 4) is 11.5 Å². The Balaban J connectivity index is 1.55. The second-order valence-electron chi connectivity index (χ2n) is 6.15. The van der Waals surface area contributed by atoms with Crippen molar-refractivity contribution in [2.24, 2.45) is 0 Å². The Morgan fingerprint density at radius 2 is 1.81 bits per heavy atom. The van der Waals surface area contributed by atoms with Gasteiger partial charge in [0.05, 0.1) is 17.1 Å². The van der Waals surface area contributed by atoms with Gasteiger partial charge in [0.1, 0.15) is 0 Å². The van der Waals surface area contributed by atoms with Crippen LogP contribution < -0.4 is 0 Å². The van der Waals surface area contributed by atoms with Crippen molar-refractivity contribution in [2.45, 2.75) is 25.4 Å². The van der Waals surface area contributed by atoms with Crippen molar-refractivity contribution in [3.05, 3.63) is 70.0 Å². The van der Waals surface area contributed by atoms with Gasteiger partial charge < -0.3 is 9.32 Å². The van der Waals surface area contributed by atoms with Crippen molar-refractivity contribution < 1.29 is 9.21 Å². The van der Waals surface area contributed by atoms with E-state index in [1.54, 1.807) is 35.2 Å². The molecule has 0 aliphatic heterocycles. The number of halogens is 2. The first-order valence-corrected chi connectivity index (χ1v) is 9.01. The summed E-state index contributed by atoms with van der Waals surface area (Å²) in [6.07, 6.45) is 1.95. The van der Waals surface area contributed by atoms with E-state index in [1.807, 2.05) is 18.2 Å². The van der Waals surface area contributed by atoms with Crippen LogP contribution in [0.2, 0.25) is 10.0 Å². The monoisotopic (exact) mass is 387 g/mol. The predicted molar refractivity (Wildman–Crippen MR) is 99.1 cm³/mol. The van der Waals surface area contributed by atoms with E-state index in [4.69, 9.17) is 27.6 Å². The van der Waals surface area contributed by atoms with Gasteiger partial charge in [-0.05, 0) is 49.2 Å². The fourth-order valence-electron chi connectivity index (χ4n) is 2.72. The highest BCUT2D eigenvalue weighted by atomic mass is 35.5. The lowest BCUT2D eigenvalue weighted by atomic mass is 10.2. The molecule has 0 spiro atoms. The molecule has 0 saturated heterocycles. The minimum atomic E-state index is -0.0679. The van der Waals surface area contributed by atoms with Crippen LogP contribution in [-0.4, -0.2) is 27.0 Å². The minimum Gasteiger partial charge on any atom is -0.419 e. The van der Waals surface area contributed by atoms with Crippen LogP contribution in [0.25, 0.3) is 11.5 Å². The zero-order valence-corrected chi connectivity index (χ0v) is 15.2. The number of hydrogen-bond donors (Lipinski definition) is 0. The van der Waals surface area contributed by atoms with Gasteiger partial charge in [-0.25, -0.2) is 0 Å². The molecule has 0 atom stereocenters. The molecule has 7 heteroatoms. The molecule has 1 heterocycles. The molecule has 1 aliphatic carbocycles. The van der Waals surface area contributed by atoms with Crippen LogP contribution in [0.3, 0.4) is 0 Å². The second-order valence-corrected chi connectivity index (χ2v) is 7.00. The summed E-state index contributed by atoms with van der Waals surface area (Å²) in [5.41, 5.74) is 1.27. The quantitative estimate of drug-likeness (QED) is 0.627. The van der Waals surface area contributed by atoms with Gasteiger partial charge in [-0.15, -0.1) is 10.2 Å². The smallest absolute Gasteiger partial charge is 0.254 e. The van der Waals surface area contributed by atoms with Crippen LogP contribution in [0.15, 0.2) is 52.9 Å². The summed E-state index contributed by atoms with van der Waals surface area (Å²) < 4.78 is 5.74. The molecule has 3 aromatic rings. The van der Waals surface area contributed by atoms with Crippen LogP contribution in [0.1, 0.15) is 29.1 Å². The van der Waals surface area contributed by atoms with Gasteiger partial charge in [-0.1, -0.05) is 35.3 Å². The number of benzene rings is 2. The van der Waals surface area contributed by atoms with E-state index >= 15 is 0 Å². The third kappa shape index (κ3) is 3.59. The summed E-state index contributed by atoms with van der Waals surface area (Å²) in [7, 11) is 0. The normalized spacial score (nSPS) is 13.6. The Morgan fingerprint density at radius 1 is 1.08 bits per heavy atom. The van der Waals surface area contributed by atoms with Crippen molar-refractivity contribution in [1.82, 2.24) is 15.1 Å². The molecule has 2 aromatic carbocycles. The lowest BCUT2D eigenvalue weighted by Gasteiger charge is -2.20. The van der Waals surface area contributed by atoms with E-state index in [0.29, 0.717) is 33.0 Å². The molecule has 4 rings (SSSR count). The molecule has 0 radical (unpaired) electrons. The Bertz CT molecular complexity index is 936. The SMILES string of the molecule is O=C(c1ccc(Cl)cc1)N(Cc1nnc(-c2ccccc2Cl)o1)C1CC1. The molecular formula is C19H15Cl2N3O2. The zero-order chi connectivity index (χ0) is 18.1. The van der Waals surface area contributed by atoms with Gasteiger partial charge in [0.15, 0.2) is 0 Å². The second kappa shape index (κ2) is 7.09. The van der Waals surface area contributed by atoms with E-state index in [2.05, 4.69) is 10.2 Å². The maximum absolute atomic E-state index is 12.8. The van der Waals surface area contributed by atoms with Gasteiger partial charge in [0.2, 0.25) is 11.8 Å². The molecule has 1 aromatic heterocycles. The molecular weight excluding hydrogens is 373 g/mol. The van der Waals surface area contributed by atoms with Gasteiger partial charge in [0, 0.05) is 16.6 Å². The largest absolute Gasteiger partial charge is 0.419 e. The third-order valence-electron chi connectivity index (χ3n) is 4.22. The summed E-state index contributed by atoms with van der Waals surface area (Å²) >= 11 is 12.1. The van der Waals surface area contributed by atoms with Crippen LogP contribution in [0, 0.1) is 0 Å².